The predicted molar refractivity (Wildman–Crippen MR) is 166 cm³/mol. The number of ether oxygens (including phenoxy) is 1. The van der Waals surface area contributed by atoms with E-state index in [2.05, 4.69) is 4.90 Å². The molecule has 0 unspecified atom stereocenters. The second kappa shape index (κ2) is 14.6. The van der Waals surface area contributed by atoms with Gasteiger partial charge in [0.15, 0.2) is 0 Å². The van der Waals surface area contributed by atoms with Gasteiger partial charge in [0.1, 0.15) is 17.4 Å². The molecule has 1 heterocycles. The van der Waals surface area contributed by atoms with Crippen molar-refractivity contribution in [3.05, 3.63) is 114 Å². The van der Waals surface area contributed by atoms with Gasteiger partial charge in [0.05, 0.1) is 23.7 Å². The second-order valence-electron chi connectivity index (χ2n) is 10.2. The Balaban J connectivity index is 0.00000405. The van der Waals surface area contributed by atoms with Gasteiger partial charge in [-0.3, -0.25) is 4.31 Å². The molecule has 0 atom stereocenters. The first kappa shape index (κ1) is 31.5. The number of hydrogen-bond acceptors (Lipinski definition) is 4. The quantitative estimate of drug-likeness (QED) is 0.163. The molecule has 4 aromatic carbocycles. The first-order valence-corrected chi connectivity index (χ1v) is 15.4. The van der Waals surface area contributed by atoms with Gasteiger partial charge in [0, 0.05) is 18.2 Å². The van der Waals surface area contributed by atoms with Crippen LogP contribution in [0, 0.1) is 11.6 Å². The van der Waals surface area contributed by atoms with Gasteiger partial charge in [-0.25, -0.2) is 17.2 Å². The number of rotatable bonds is 11. The highest BCUT2D eigenvalue weighted by molar-refractivity contribution is 7.92. The lowest BCUT2D eigenvalue weighted by Crippen LogP contribution is -2.32. The molecule has 0 aromatic heterocycles. The summed E-state index contributed by atoms with van der Waals surface area (Å²) in [6.45, 7) is 3.39. The summed E-state index contributed by atoms with van der Waals surface area (Å²) in [5.74, 6) is -1.05. The van der Waals surface area contributed by atoms with Crippen molar-refractivity contribution in [1.29, 1.82) is 0 Å². The molecule has 1 aliphatic heterocycles. The number of nitrogens with zero attached hydrogens (tertiary/aromatic N) is 2. The number of sulfonamides is 1. The van der Waals surface area contributed by atoms with Crippen molar-refractivity contribution < 1.29 is 21.9 Å². The lowest BCUT2D eigenvalue weighted by molar-refractivity contribution is 0.204. The summed E-state index contributed by atoms with van der Waals surface area (Å²) < 4.78 is 64.3. The molecule has 1 saturated heterocycles. The summed E-state index contributed by atoms with van der Waals surface area (Å²) in [5, 5.41) is 0. The van der Waals surface area contributed by atoms with Crippen LogP contribution < -0.4 is 9.04 Å². The fourth-order valence-corrected chi connectivity index (χ4v) is 6.58. The molecule has 222 valence electrons. The Morgan fingerprint density at radius 1 is 0.786 bits per heavy atom. The smallest absolute Gasteiger partial charge is 0.264 e. The number of benzene rings is 4. The van der Waals surface area contributed by atoms with E-state index in [1.54, 1.807) is 30.3 Å². The zero-order valence-corrected chi connectivity index (χ0v) is 24.9. The van der Waals surface area contributed by atoms with Crippen molar-refractivity contribution in [3.63, 3.8) is 0 Å². The molecule has 0 amide bonds. The van der Waals surface area contributed by atoms with Crippen LogP contribution in [0.5, 0.6) is 5.75 Å². The minimum absolute atomic E-state index is 0. The van der Waals surface area contributed by atoms with Gasteiger partial charge in [0.25, 0.3) is 10.0 Å². The summed E-state index contributed by atoms with van der Waals surface area (Å²) >= 11 is 0. The monoisotopic (exact) mass is 612 g/mol. The summed E-state index contributed by atoms with van der Waals surface area (Å²) in [7, 11) is -4.28. The molecule has 0 saturated carbocycles. The summed E-state index contributed by atoms with van der Waals surface area (Å²) in [6.07, 6.45) is 4.56. The van der Waals surface area contributed by atoms with E-state index in [4.69, 9.17) is 4.74 Å². The molecule has 0 radical (unpaired) electrons. The molecule has 0 aliphatic carbocycles. The van der Waals surface area contributed by atoms with Crippen LogP contribution in [0.15, 0.2) is 102 Å². The fraction of sp³-hybridized carbons (Fsp3) is 0.273. The first-order chi connectivity index (χ1) is 19.9. The third kappa shape index (κ3) is 7.68. The topological polar surface area (TPSA) is 49.9 Å². The summed E-state index contributed by atoms with van der Waals surface area (Å²) in [6, 6.07) is 25.9. The standard InChI is InChI=1S/C33H34F2N2O3S.ClH/c34-29-16-19-31(35)32(24-29)37(41(38,39)30-17-14-27(15-18-30)26-10-3-1-4-11-26)25-28-12-5-6-13-33(28)40-23-9-22-36-20-7-2-8-21-36;/h1,3-6,10-19,24H,2,7-9,20-23,25H2;1H. The van der Waals surface area contributed by atoms with E-state index in [-0.39, 0.29) is 29.5 Å². The molecule has 0 bridgehead atoms. The molecular formula is C33H35ClF2N2O3S. The van der Waals surface area contributed by atoms with Crippen LogP contribution in [0.1, 0.15) is 31.2 Å². The van der Waals surface area contributed by atoms with E-state index in [0.717, 1.165) is 59.7 Å². The third-order valence-electron chi connectivity index (χ3n) is 7.34. The number of anilines is 1. The number of para-hydroxylation sites is 1. The third-order valence-corrected chi connectivity index (χ3v) is 9.11. The molecule has 42 heavy (non-hydrogen) atoms. The largest absolute Gasteiger partial charge is 0.493 e. The number of likely N-dealkylation sites (tertiary alicyclic amines) is 1. The van der Waals surface area contributed by atoms with Gasteiger partial charge in [-0.05, 0) is 73.8 Å². The average molecular weight is 613 g/mol. The minimum Gasteiger partial charge on any atom is -0.493 e. The van der Waals surface area contributed by atoms with E-state index in [1.165, 1.54) is 31.4 Å². The Morgan fingerprint density at radius 3 is 2.19 bits per heavy atom. The van der Waals surface area contributed by atoms with Crippen molar-refractivity contribution in [2.24, 2.45) is 0 Å². The van der Waals surface area contributed by atoms with E-state index in [9.17, 15) is 12.8 Å². The van der Waals surface area contributed by atoms with Gasteiger partial charge < -0.3 is 9.64 Å². The second-order valence-corrected chi connectivity index (χ2v) is 12.1. The van der Waals surface area contributed by atoms with Crippen molar-refractivity contribution in [1.82, 2.24) is 4.90 Å². The lowest BCUT2D eigenvalue weighted by Gasteiger charge is -2.27. The zero-order valence-electron chi connectivity index (χ0n) is 23.3. The first-order valence-electron chi connectivity index (χ1n) is 14.0. The van der Waals surface area contributed by atoms with E-state index >= 15 is 4.39 Å². The van der Waals surface area contributed by atoms with Crippen LogP contribution in [-0.4, -0.2) is 39.6 Å². The Kier molecular flexibility index (Phi) is 11.0. The average Bonchev–Trinajstić information content (AvgIpc) is 3.01. The normalized spacial score (nSPS) is 13.8. The molecule has 0 N–H and O–H groups in total. The molecule has 0 spiro atoms. The van der Waals surface area contributed by atoms with Gasteiger partial charge in [-0.1, -0.05) is 67.1 Å². The van der Waals surface area contributed by atoms with Crippen molar-refractivity contribution >= 4 is 28.1 Å². The minimum atomic E-state index is -4.28. The predicted octanol–water partition coefficient (Wildman–Crippen LogP) is 7.70. The SMILES string of the molecule is Cl.O=S(=O)(c1ccc(-c2ccccc2)cc1)N(Cc1ccccc1OCCCN1CCCCC1)c1cc(F)ccc1F. The Labute approximate surface area is 253 Å². The van der Waals surface area contributed by atoms with Crippen molar-refractivity contribution in [2.45, 2.75) is 37.1 Å². The lowest BCUT2D eigenvalue weighted by atomic mass is 10.1. The maximum atomic E-state index is 15.1. The highest BCUT2D eigenvalue weighted by Gasteiger charge is 2.29. The van der Waals surface area contributed by atoms with Crippen LogP contribution in [-0.2, 0) is 16.6 Å². The zero-order chi connectivity index (χ0) is 28.7. The highest BCUT2D eigenvalue weighted by atomic mass is 35.5. The summed E-state index contributed by atoms with van der Waals surface area (Å²) in [5.41, 5.74) is 1.97. The van der Waals surface area contributed by atoms with Crippen LogP contribution in [0.4, 0.5) is 14.5 Å². The number of piperidine rings is 1. The van der Waals surface area contributed by atoms with Crippen LogP contribution in [0.25, 0.3) is 11.1 Å². The fourth-order valence-electron chi connectivity index (χ4n) is 5.14. The Hall–Kier alpha value is -3.46. The molecule has 9 heteroatoms. The maximum absolute atomic E-state index is 15.1. The van der Waals surface area contributed by atoms with Gasteiger partial charge in [-0.15, -0.1) is 12.4 Å². The van der Waals surface area contributed by atoms with Crippen LogP contribution in [0.2, 0.25) is 0 Å². The van der Waals surface area contributed by atoms with Crippen molar-refractivity contribution in [3.8, 4) is 16.9 Å². The van der Waals surface area contributed by atoms with Gasteiger partial charge >= 0.3 is 0 Å². The number of hydrogen-bond donors (Lipinski definition) is 0. The van der Waals surface area contributed by atoms with Gasteiger partial charge in [0.2, 0.25) is 0 Å². The molecule has 5 rings (SSSR count). The Bertz CT molecular complexity index is 1550. The van der Waals surface area contributed by atoms with E-state index in [0.29, 0.717) is 17.9 Å². The van der Waals surface area contributed by atoms with Crippen molar-refractivity contribution in [2.75, 3.05) is 30.5 Å². The van der Waals surface area contributed by atoms with Crippen LogP contribution >= 0.6 is 12.4 Å². The highest BCUT2D eigenvalue weighted by Crippen LogP contribution is 2.32. The van der Waals surface area contributed by atoms with E-state index in [1.807, 2.05) is 36.4 Å². The van der Waals surface area contributed by atoms with E-state index < -0.39 is 21.7 Å². The van der Waals surface area contributed by atoms with Gasteiger partial charge in [-0.2, -0.15) is 0 Å². The molecule has 1 aliphatic rings. The molecule has 5 nitrogen and oxygen atoms in total. The maximum Gasteiger partial charge on any atom is 0.264 e. The van der Waals surface area contributed by atoms with Crippen LogP contribution in [0.3, 0.4) is 0 Å². The molecule has 4 aromatic rings. The summed E-state index contributed by atoms with van der Waals surface area (Å²) in [4.78, 5) is 2.41. The molecule has 1 fully saturated rings. The number of halogens is 3. The molecular weight excluding hydrogens is 578 g/mol. The Morgan fingerprint density at radius 2 is 1.45 bits per heavy atom.